The number of nitrogen functional groups attached to an aromatic ring is 1. The second-order valence-corrected chi connectivity index (χ2v) is 3.81. The molecule has 0 radical (unpaired) electrons. The second-order valence-electron chi connectivity index (χ2n) is 3.37. The molecule has 3 nitrogen and oxygen atoms in total. The number of hydrogen-bond donors (Lipinski definition) is 1. The SMILES string of the molecule is Nc1cc(-c2ccc(Cl)cc2)ccc1N=O. The molecule has 0 aliphatic rings. The number of rotatable bonds is 2. The summed E-state index contributed by atoms with van der Waals surface area (Å²) in [5.41, 5.74) is 8.24. The fraction of sp³-hybridized carbons (Fsp3) is 0. The van der Waals surface area contributed by atoms with Crippen LogP contribution in [0.3, 0.4) is 0 Å². The minimum atomic E-state index is 0.262. The Morgan fingerprint density at radius 3 is 2.19 bits per heavy atom. The molecular formula is C12H9ClN2O. The lowest BCUT2D eigenvalue weighted by Gasteiger charge is -2.04. The van der Waals surface area contributed by atoms with Crippen molar-refractivity contribution in [3.05, 3.63) is 52.4 Å². The van der Waals surface area contributed by atoms with Gasteiger partial charge in [0.1, 0.15) is 5.69 Å². The number of halogens is 1. The molecule has 0 saturated carbocycles. The molecule has 80 valence electrons. The van der Waals surface area contributed by atoms with Crippen LogP contribution in [-0.2, 0) is 0 Å². The van der Waals surface area contributed by atoms with Gasteiger partial charge in [0, 0.05) is 5.02 Å². The van der Waals surface area contributed by atoms with Crippen molar-refractivity contribution >= 4 is 23.0 Å². The van der Waals surface area contributed by atoms with Gasteiger partial charge in [0.2, 0.25) is 0 Å². The van der Waals surface area contributed by atoms with Crippen molar-refractivity contribution < 1.29 is 0 Å². The molecule has 0 spiro atoms. The number of nitrogens with two attached hydrogens (primary N) is 1. The maximum atomic E-state index is 10.4. The molecule has 0 heterocycles. The molecule has 2 aromatic carbocycles. The largest absolute Gasteiger partial charge is 0.397 e. The number of anilines is 1. The van der Waals surface area contributed by atoms with Gasteiger partial charge in [-0.15, -0.1) is 4.91 Å². The van der Waals surface area contributed by atoms with E-state index in [0.29, 0.717) is 10.7 Å². The van der Waals surface area contributed by atoms with Crippen LogP contribution in [0.25, 0.3) is 11.1 Å². The Morgan fingerprint density at radius 2 is 1.62 bits per heavy atom. The third kappa shape index (κ3) is 2.04. The molecular weight excluding hydrogens is 224 g/mol. The van der Waals surface area contributed by atoms with Crippen LogP contribution < -0.4 is 5.73 Å². The van der Waals surface area contributed by atoms with E-state index in [2.05, 4.69) is 5.18 Å². The topological polar surface area (TPSA) is 55.4 Å². The van der Waals surface area contributed by atoms with E-state index in [1.807, 2.05) is 12.1 Å². The third-order valence-electron chi connectivity index (χ3n) is 2.30. The molecule has 2 rings (SSSR count). The third-order valence-corrected chi connectivity index (χ3v) is 2.56. The first-order chi connectivity index (χ1) is 7.70. The Hall–Kier alpha value is -1.87. The predicted molar refractivity (Wildman–Crippen MR) is 66.8 cm³/mol. The predicted octanol–water partition coefficient (Wildman–Crippen LogP) is 3.99. The van der Waals surface area contributed by atoms with Gasteiger partial charge in [-0.2, -0.15) is 0 Å². The molecule has 4 heteroatoms. The number of benzene rings is 2. The molecule has 0 aliphatic carbocycles. The van der Waals surface area contributed by atoms with Crippen molar-refractivity contribution in [2.24, 2.45) is 5.18 Å². The van der Waals surface area contributed by atoms with E-state index >= 15 is 0 Å². The zero-order chi connectivity index (χ0) is 11.5. The fourth-order valence-corrected chi connectivity index (χ4v) is 1.59. The highest BCUT2D eigenvalue weighted by Crippen LogP contribution is 2.29. The summed E-state index contributed by atoms with van der Waals surface area (Å²) in [5.74, 6) is 0. The van der Waals surface area contributed by atoms with E-state index in [-0.39, 0.29) is 5.69 Å². The van der Waals surface area contributed by atoms with Crippen molar-refractivity contribution in [2.45, 2.75) is 0 Å². The Bertz CT molecular complexity index is 523. The van der Waals surface area contributed by atoms with Gasteiger partial charge in [-0.05, 0) is 40.6 Å². The first-order valence-corrected chi connectivity index (χ1v) is 5.07. The van der Waals surface area contributed by atoms with E-state index in [9.17, 15) is 4.91 Å². The molecule has 0 saturated heterocycles. The van der Waals surface area contributed by atoms with Crippen LogP contribution in [0.2, 0.25) is 5.02 Å². The molecule has 0 amide bonds. The van der Waals surface area contributed by atoms with E-state index in [0.717, 1.165) is 11.1 Å². The average molecular weight is 233 g/mol. The Kier molecular flexibility index (Phi) is 2.88. The highest BCUT2D eigenvalue weighted by molar-refractivity contribution is 6.30. The maximum Gasteiger partial charge on any atom is 0.130 e. The van der Waals surface area contributed by atoms with Gasteiger partial charge in [-0.1, -0.05) is 29.8 Å². The molecule has 0 bridgehead atoms. The smallest absolute Gasteiger partial charge is 0.130 e. The highest BCUT2D eigenvalue weighted by atomic mass is 35.5. The van der Waals surface area contributed by atoms with Crippen LogP contribution in [0.4, 0.5) is 11.4 Å². The molecule has 0 fully saturated rings. The van der Waals surface area contributed by atoms with Gasteiger partial charge < -0.3 is 5.73 Å². The molecule has 16 heavy (non-hydrogen) atoms. The van der Waals surface area contributed by atoms with Crippen molar-refractivity contribution in [3.8, 4) is 11.1 Å². The van der Waals surface area contributed by atoms with Gasteiger partial charge in [0.05, 0.1) is 5.69 Å². The number of nitroso groups, excluding NO2 is 1. The van der Waals surface area contributed by atoms with Crippen molar-refractivity contribution in [1.82, 2.24) is 0 Å². The normalized spacial score (nSPS) is 10.1. The van der Waals surface area contributed by atoms with E-state index in [4.69, 9.17) is 17.3 Å². The lowest BCUT2D eigenvalue weighted by molar-refractivity contribution is 1.49. The van der Waals surface area contributed by atoms with Gasteiger partial charge in [0.15, 0.2) is 0 Å². The van der Waals surface area contributed by atoms with Crippen molar-refractivity contribution in [3.63, 3.8) is 0 Å². The van der Waals surface area contributed by atoms with Crippen LogP contribution in [0, 0.1) is 4.91 Å². The summed E-state index contributed by atoms with van der Waals surface area (Å²) < 4.78 is 0. The number of nitrogens with zero attached hydrogens (tertiary/aromatic N) is 1. The summed E-state index contributed by atoms with van der Waals surface area (Å²) in [5, 5.41) is 3.51. The lowest BCUT2D eigenvalue weighted by atomic mass is 10.0. The average Bonchev–Trinajstić information content (AvgIpc) is 2.30. The summed E-state index contributed by atoms with van der Waals surface area (Å²) >= 11 is 5.80. The standard InChI is InChI=1S/C12H9ClN2O/c13-10-4-1-8(2-5-10)9-3-6-12(15-16)11(14)7-9/h1-7H,14H2. The highest BCUT2D eigenvalue weighted by Gasteiger charge is 2.02. The van der Waals surface area contributed by atoms with Gasteiger partial charge in [-0.3, -0.25) is 0 Å². The minimum absolute atomic E-state index is 0.262. The Labute approximate surface area is 97.8 Å². The number of hydrogen-bond acceptors (Lipinski definition) is 3. The Morgan fingerprint density at radius 1 is 1.00 bits per heavy atom. The lowest BCUT2D eigenvalue weighted by Crippen LogP contribution is -1.86. The van der Waals surface area contributed by atoms with Crippen LogP contribution in [0.5, 0.6) is 0 Å². The summed E-state index contributed by atoms with van der Waals surface area (Å²) in [7, 11) is 0. The summed E-state index contributed by atoms with van der Waals surface area (Å²) in [6.45, 7) is 0. The first kappa shape index (κ1) is 10.6. The van der Waals surface area contributed by atoms with E-state index in [1.165, 1.54) is 0 Å². The molecule has 0 aliphatic heterocycles. The quantitative estimate of drug-likeness (QED) is 0.629. The van der Waals surface area contributed by atoms with Crippen LogP contribution >= 0.6 is 11.6 Å². The Balaban J connectivity index is 2.45. The second kappa shape index (κ2) is 4.33. The van der Waals surface area contributed by atoms with Crippen molar-refractivity contribution in [1.29, 1.82) is 0 Å². The monoisotopic (exact) mass is 232 g/mol. The molecule has 2 aromatic rings. The van der Waals surface area contributed by atoms with E-state index in [1.54, 1.807) is 30.3 Å². The minimum Gasteiger partial charge on any atom is -0.397 e. The maximum absolute atomic E-state index is 10.4. The summed E-state index contributed by atoms with van der Waals surface area (Å²) in [6, 6.07) is 12.5. The van der Waals surface area contributed by atoms with Crippen LogP contribution in [0.15, 0.2) is 47.6 Å². The zero-order valence-corrected chi connectivity index (χ0v) is 9.11. The summed E-state index contributed by atoms with van der Waals surface area (Å²) in [4.78, 5) is 10.4. The van der Waals surface area contributed by atoms with Crippen molar-refractivity contribution in [2.75, 3.05) is 5.73 Å². The van der Waals surface area contributed by atoms with E-state index < -0.39 is 0 Å². The van der Waals surface area contributed by atoms with Gasteiger partial charge >= 0.3 is 0 Å². The summed E-state index contributed by atoms with van der Waals surface area (Å²) in [6.07, 6.45) is 0. The zero-order valence-electron chi connectivity index (χ0n) is 8.35. The first-order valence-electron chi connectivity index (χ1n) is 4.69. The van der Waals surface area contributed by atoms with Crippen LogP contribution in [0.1, 0.15) is 0 Å². The van der Waals surface area contributed by atoms with Crippen LogP contribution in [-0.4, -0.2) is 0 Å². The molecule has 0 atom stereocenters. The van der Waals surface area contributed by atoms with Gasteiger partial charge in [0.25, 0.3) is 0 Å². The molecule has 0 unspecified atom stereocenters. The fourth-order valence-electron chi connectivity index (χ4n) is 1.46. The molecule has 0 aromatic heterocycles. The molecule has 2 N–H and O–H groups in total. The van der Waals surface area contributed by atoms with Gasteiger partial charge in [-0.25, -0.2) is 0 Å².